The zero-order chi connectivity index (χ0) is 8.15. The van der Waals surface area contributed by atoms with E-state index in [1.807, 2.05) is 7.85 Å². The molecule has 3 heteroatoms. The molecular formula is C7H16BNO. The van der Waals surface area contributed by atoms with Crippen LogP contribution in [-0.4, -0.2) is 19.7 Å². The van der Waals surface area contributed by atoms with Gasteiger partial charge < -0.3 is 5.32 Å². The van der Waals surface area contributed by atoms with Gasteiger partial charge in [0.2, 0.25) is 5.91 Å². The van der Waals surface area contributed by atoms with Gasteiger partial charge in [-0.1, -0.05) is 13.8 Å². The first-order chi connectivity index (χ1) is 4.52. The van der Waals surface area contributed by atoms with Crippen molar-refractivity contribution in [2.45, 2.75) is 33.1 Å². The summed E-state index contributed by atoms with van der Waals surface area (Å²) in [7, 11) is 2.03. The van der Waals surface area contributed by atoms with Gasteiger partial charge in [-0.3, -0.25) is 4.79 Å². The molecule has 0 aliphatic carbocycles. The molecule has 0 aromatic heterocycles. The Morgan fingerprint density at radius 1 is 1.60 bits per heavy atom. The van der Waals surface area contributed by atoms with Gasteiger partial charge in [0.1, 0.15) is 7.85 Å². The van der Waals surface area contributed by atoms with E-state index >= 15 is 0 Å². The lowest BCUT2D eigenvalue weighted by Gasteiger charge is -2.13. The number of amides is 1. The average Bonchev–Trinajstić information content (AvgIpc) is 1.58. The minimum atomic E-state index is 0.0631. The summed E-state index contributed by atoms with van der Waals surface area (Å²) in [6.45, 7) is 5.85. The lowest BCUT2D eigenvalue weighted by molar-refractivity contribution is -0.119. The highest BCUT2D eigenvalue weighted by molar-refractivity contribution is 6.12. The van der Waals surface area contributed by atoms with E-state index in [1.165, 1.54) is 0 Å². The summed E-state index contributed by atoms with van der Waals surface area (Å²) in [4.78, 5) is 10.5. The average molecular weight is 141 g/mol. The summed E-state index contributed by atoms with van der Waals surface area (Å²) in [5.74, 6) is 1.03. The molecule has 0 aliphatic rings. The van der Waals surface area contributed by atoms with E-state index in [2.05, 4.69) is 19.2 Å². The molecule has 0 bridgehead atoms. The minimum absolute atomic E-state index is 0.0631. The predicted octanol–water partition coefficient (Wildman–Crippen LogP) is 0.128. The van der Waals surface area contributed by atoms with Crippen LogP contribution in [0.1, 0.15) is 27.2 Å². The Balaban J connectivity index is 3.43. The second-order valence-electron chi connectivity index (χ2n) is 3.23. The van der Waals surface area contributed by atoms with Crippen molar-refractivity contribution < 1.29 is 4.79 Å². The molecule has 0 aliphatic heterocycles. The highest BCUT2D eigenvalue weighted by Gasteiger charge is 2.04. The zero-order valence-corrected chi connectivity index (χ0v) is 7.27. The maximum atomic E-state index is 10.5. The first-order valence-corrected chi connectivity index (χ1v) is 3.79. The van der Waals surface area contributed by atoms with Crippen LogP contribution in [0.4, 0.5) is 0 Å². The van der Waals surface area contributed by atoms with Crippen molar-refractivity contribution in [3.05, 3.63) is 0 Å². The van der Waals surface area contributed by atoms with Gasteiger partial charge in [-0.2, -0.15) is 0 Å². The van der Waals surface area contributed by atoms with Gasteiger partial charge in [-0.15, -0.1) is 0 Å². The lowest BCUT2D eigenvalue weighted by atomic mass is 9.88. The molecule has 58 valence electrons. The number of carbonyl (C=O) groups excluding carboxylic acids is 1. The highest BCUT2D eigenvalue weighted by atomic mass is 16.1. The molecule has 0 heterocycles. The van der Waals surface area contributed by atoms with Crippen LogP contribution in [0.3, 0.4) is 0 Å². The predicted molar refractivity (Wildman–Crippen MR) is 45.6 cm³/mol. The molecule has 0 fully saturated rings. The second kappa shape index (κ2) is 4.37. The molecule has 0 aromatic carbocycles. The van der Waals surface area contributed by atoms with E-state index < -0.39 is 0 Å². The Bertz CT molecular complexity index is 114. The molecule has 1 amide bonds. The number of hydrogen-bond donors (Lipinski definition) is 1. The van der Waals surface area contributed by atoms with Crippen LogP contribution in [0.15, 0.2) is 0 Å². The molecule has 0 saturated carbocycles. The van der Waals surface area contributed by atoms with E-state index in [-0.39, 0.29) is 5.91 Å². The number of rotatable bonds is 3. The lowest BCUT2D eigenvalue weighted by Crippen LogP contribution is -2.34. The Hall–Kier alpha value is -0.465. The maximum absolute atomic E-state index is 10.5. The van der Waals surface area contributed by atoms with Crippen molar-refractivity contribution in [2.24, 2.45) is 5.92 Å². The third-order valence-electron chi connectivity index (χ3n) is 1.27. The maximum Gasteiger partial charge on any atom is 0.216 e. The van der Waals surface area contributed by atoms with E-state index in [1.54, 1.807) is 6.92 Å². The van der Waals surface area contributed by atoms with E-state index in [9.17, 15) is 4.79 Å². The quantitative estimate of drug-likeness (QED) is 0.556. The molecule has 10 heavy (non-hydrogen) atoms. The van der Waals surface area contributed by atoms with Crippen molar-refractivity contribution in [1.29, 1.82) is 0 Å². The van der Waals surface area contributed by atoms with E-state index in [0.717, 1.165) is 6.42 Å². The Morgan fingerprint density at radius 2 is 2.10 bits per heavy atom. The van der Waals surface area contributed by atoms with Crippen LogP contribution >= 0.6 is 0 Å². The van der Waals surface area contributed by atoms with Crippen molar-refractivity contribution in [2.75, 3.05) is 0 Å². The van der Waals surface area contributed by atoms with Gasteiger partial charge in [0, 0.05) is 6.92 Å². The van der Waals surface area contributed by atoms with Gasteiger partial charge in [-0.25, -0.2) is 0 Å². The Labute approximate surface area is 63.8 Å². The fourth-order valence-electron chi connectivity index (χ4n) is 1.11. The summed E-state index contributed by atoms with van der Waals surface area (Å²) in [5, 5.41) is 2.84. The zero-order valence-electron chi connectivity index (χ0n) is 7.27. The Kier molecular flexibility index (Phi) is 4.16. The van der Waals surface area contributed by atoms with Gasteiger partial charge in [0.05, 0.1) is 0 Å². The second-order valence-corrected chi connectivity index (χ2v) is 3.23. The molecule has 1 unspecified atom stereocenters. The number of carbonyl (C=O) groups is 1. The molecule has 0 rings (SSSR count). The molecule has 0 aromatic rings. The van der Waals surface area contributed by atoms with Gasteiger partial charge in [-0.05, 0) is 18.3 Å². The minimum Gasteiger partial charge on any atom is -0.362 e. The summed E-state index contributed by atoms with van der Waals surface area (Å²) < 4.78 is 0. The van der Waals surface area contributed by atoms with Crippen molar-refractivity contribution >= 4 is 13.8 Å². The fraction of sp³-hybridized carbons (Fsp3) is 0.857. The van der Waals surface area contributed by atoms with Crippen molar-refractivity contribution in [1.82, 2.24) is 5.32 Å². The van der Waals surface area contributed by atoms with Crippen LogP contribution in [0.25, 0.3) is 0 Å². The van der Waals surface area contributed by atoms with Crippen molar-refractivity contribution in [3.63, 3.8) is 0 Å². The summed E-state index contributed by atoms with van der Waals surface area (Å²) in [6.07, 6.45) is 1.06. The standard InChI is InChI=1S/C7H16BNO/c1-5(2)4-7(8)9-6(3)10/h5,7H,4,8H2,1-3H3,(H,9,10). The first-order valence-electron chi connectivity index (χ1n) is 3.79. The number of hydrogen-bond acceptors (Lipinski definition) is 1. The molecule has 2 nitrogen and oxygen atoms in total. The smallest absolute Gasteiger partial charge is 0.216 e. The third-order valence-corrected chi connectivity index (χ3v) is 1.27. The van der Waals surface area contributed by atoms with Crippen LogP contribution in [0.5, 0.6) is 0 Å². The van der Waals surface area contributed by atoms with Gasteiger partial charge in [0.25, 0.3) is 0 Å². The molecule has 1 atom stereocenters. The normalized spacial score (nSPS) is 13.2. The monoisotopic (exact) mass is 141 g/mol. The molecule has 0 spiro atoms. The third kappa shape index (κ3) is 5.67. The highest BCUT2D eigenvalue weighted by Crippen LogP contribution is 2.00. The fourth-order valence-corrected chi connectivity index (χ4v) is 1.11. The van der Waals surface area contributed by atoms with Crippen LogP contribution in [0, 0.1) is 5.92 Å². The molecule has 1 N–H and O–H groups in total. The van der Waals surface area contributed by atoms with E-state index in [4.69, 9.17) is 0 Å². The summed E-state index contributed by atoms with van der Waals surface area (Å²) >= 11 is 0. The van der Waals surface area contributed by atoms with Gasteiger partial charge in [0.15, 0.2) is 0 Å². The number of nitrogens with one attached hydrogen (secondary N) is 1. The summed E-state index contributed by atoms with van der Waals surface area (Å²) in [6, 6.07) is 0. The summed E-state index contributed by atoms with van der Waals surface area (Å²) in [5.41, 5.74) is 0. The van der Waals surface area contributed by atoms with Crippen molar-refractivity contribution in [3.8, 4) is 0 Å². The molecular weight excluding hydrogens is 125 g/mol. The van der Waals surface area contributed by atoms with Crippen LogP contribution in [0.2, 0.25) is 0 Å². The van der Waals surface area contributed by atoms with E-state index in [0.29, 0.717) is 11.9 Å². The van der Waals surface area contributed by atoms with Crippen LogP contribution in [-0.2, 0) is 4.79 Å². The topological polar surface area (TPSA) is 29.1 Å². The SMILES string of the molecule is BC(CC(C)C)NC(C)=O. The first kappa shape index (κ1) is 9.53. The largest absolute Gasteiger partial charge is 0.362 e. The molecule has 0 radical (unpaired) electrons. The molecule has 0 saturated heterocycles. The Morgan fingerprint density at radius 3 is 2.40 bits per heavy atom. The van der Waals surface area contributed by atoms with Crippen LogP contribution < -0.4 is 5.32 Å². The van der Waals surface area contributed by atoms with Gasteiger partial charge >= 0.3 is 0 Å².